The van der Waals surface area contributed by atoms with Gasteiger partial charge in [0.05, 0.1) is 18.2 Å². The van der Waals surface area contributed by atoms with E-state index in [9.17, 15) is 18.3 Å². The number of benzene rings is 2. The van der Waals surface area contributed by atoms with Gasteiger partial charge >= 0.3 is 6.18 Å². The summed E-state index contributed by atoms with van der Waals surface area (Å²) < 4.78 is 40.5. The average molecular weight is 504 g/mol. The van der Waals surface area contributed by atoms with Crippen molar-refractivity contribution in [3.63, 3.8) is 0 Å². The lowest BCUT2D eigenvalue weighted by molar-refractivity contribution is -0.137. The van der Waals surface area contributed by atoms with E-state index < -0.39 is 11.7 Å². The fourth-order valence-corrected chi connectivity index (χ4v) is 4.15. The summed E-state index contributed by atoms with van der Waals surface area (Å²) in [5.74, 6) is 1.18. The number of aromatic nitrogens is 3. The van der Waals surface area contributed by atoms with Crippen LogP contribution in [0.2, 0.25) is 5.02 Å². The molecule has 2 N–H and O–H groups in total. The van der Waals surface area contributed by atoms with E-state index in [1.54, 1.807) is 12.1 Å². The molecule has 0 radical (unpaired) electrons. The van der Waals surface area contributed by atoms with Gasteiger partial charge in [-0.2, -0.15) is 19.7 Å². The van der Waals surface area contributed by atoms with Crippen LogP contribution in [0, 0.1) is 6.57 Å². The summed E-state index contributed by atoms with van der Waals surface area (Å²) in [4.78, 5) is 4.99. The first-order valence-corrected chi connectivity index (χ1v) is 11.1. The summed E-state index contributed by atoms with van der Waals surface area (Å²) in [6.07, 6.45) is -2.97. The number of hydrogen-bond acceptors (Lipinski definition) is 4. The molecule has 0 spiro atoms. The second-order valence-electron chi connectivity index (χ2n) is 7.92. The number of hydrogen-bond donors (Lipinski definition) is 2. The van der Waals surface area contributed by atoms with Gasteiger partial charge in [-0.05, 0) is 54.8 Å². The normalized spacial score (nSPS) is 16.4. The fourth-order valence-electron chi connectivity index (χ4n) is 4.02. The number of rotatable bonds is 5. The molecule has 1 saturated heterocycles. The van der Waals surface area contributed by atoms with E-state index in [1.807, 2.05) is 21.6 Å². The third-order valence-corrected chi connectivity index (χ3v) is 5.94. The smallest absolute Gasteiger partial charge is 0.388 e. The van der Waals surface area contributed by atoms with Crippen molar-refractivity contribution in [3.05, 3.63) is 87.9 Å². The van der Waals surface area contributed by atoms with Crippen molar-refractivity contribution in [1.29, 1.82) is 0 Å². The molecular formula is C23H21ClF3N7O. The number of nitrogens with one attached hydrogen (secondary N) is 1. The van der Waals surface area contributed by atoms with Crippen molar-refractivity contribution in [2.75, 3.05) is 11.9 Å². The molecule has 0 unspecified atom stereocenters. The Labute approximate surface area is 204 Å². The molecule has 0 amide bonds. The zero-order valence-electron chi connectivity index (χ0n) is 18.4. The third kappa shape index (κ3) is 5.55. The minimum atomic E-state index is -4.44. The molecule has 8 nitrogen and oxygen atoms in total. The van der Waals surface area contributed by atoms with Crippen LogP contribution in [0.25, 0.3) is 4.95 Å². The van der Waals surface area contributed by atoms with Crippen LogP contribution in [0.15, 0.2) is 53.6 Å². The summed E-state index contributed by atoms with van der Waals surface area (Å²) in [6.45, 7) is 7.89. The second kappa shape index (κ2) is 10.3. The zero-order valence-corrected chi connectivity index (χ0v) is 19.1. The molecular weight excluding hydrogens is 483 g/mol. The van der Waals surface area contributed by atoms with Gasteiger partial charge < -0.3 is 19.9 Å². The number of alkyl halides is 3. The van der Waals surface area contributed by atoms with Crippen LogP contribution in [0.4, 0.5) is 18.9 Å². The number of nitrogens with zero attached hydrogens (tertiary/aromatic N) is 6. The summed E-state index contributed by atoms with van der Waals surface area (Å²) >= 11 is 5.99. The predicted octanol–water partition coefficient (Wildman–Crippen LogP) is 4.93. The number of aliphatic hydroxyl groups is 1. The molecule has 2 heterocycles. The second-order valence-corrected chi connectivity index (χ2v) is 8.36. The van der Waals surface area contributed by atoms with Crippen molar-refractivity contribution in [3.8, 4) is 0 Å². The summed E-state index contributed by atoms with van der Waals surface area (Å²) in [7, 11) is 0. The predicted molar refractivity (Wildman–Crippen MR) is 124 cm³/mol. The monoisotopic (exact) mass is 503 g/mol. The van der Waals surface area contributed by atoms with Crippen LogP contribution in [-0.2, 0) is 19.3 Å². The lowest BCUT2D eigenvalue weighted by Crippen LogP contribution is -2.37. The first-order chi connectivity index (χ1) is 16.8. The molecule has 1 fully saturated rings. The molecule has 2 aromatic carbocycles. The summed E-state index contributed by atoms with van der Waals surface area (Å²) in [6, 6.07) is 11.5. The molecule has 35 heavy (non-hydrogen) atoms. The molecule has 1 aromatic heterocycles. The van der Waals surface area contributed by atoms with Gasteiger partial charge in [0.2, 0.25) is 0 Å². The Kier molecular flexibility index (Phi) is 7.23. The zero-order chi connectivity index (χ0) is 25.0. The van der Waals surface area contributed by atoms with E-state index in [2.05, 4.69) is 25.6 Å². The Morgan fingerprint density at radius 2 is 1.89 bits per heavy atom. The number of anilines is 1. The molecule has 1 atom stereocenters. The standard InChI is InChI=1S/C23H21ClF3N7O/c1-28-32-22(29-18-10-6-16(7-11-18)23(25,26)27)33-12-2-3-19(33)21-31-30-20(14-35)34(21)13-15-4-8-17(24)9-5-15/h4-11,19,35H,2-3,12-14H2,(H,29,32)/t19-/m1/s1. The summed E-state index contributed by atoms with van der Waals surface area (Å²) in [5, 5.41) is 25.7. The van der Waals surface area contributed by atoms with Gasteiger partial charge in [-0.3, -0.25) is 0 Å². The quantitative estimate of drug-likeness (QED) is 0.223. The molecule has 3 aromatic rings. The van der Waals surface area contributed by atoms with Crippen molar-refractivity contribution in [1.82, 2.24) is 19.7 Å². The molecule has 0 bridgehead atoms. The number of likely N-dealkylation sites (tertiary alicyclic amines) is 1. The molecule has 1 aliphatic heterocycles. The highest BCUT2D eigenvalue weighted by molar-refractivity contribution is 6.30. The first kappa shape index (κ1) is 24.5. The van der Waals surface area contributed by atoms with Gasteiger partial charge in [-0.15, -0.1) is 15.2 Å². The van der Waals surface area contributed by atoms with Crippen LogP contribution in [0.5, 0.6) is 0 Å². The lowest BCUT2D eigenvalue weighted by atomic mass is 10.2. The maximum Gasteiger partial charge on any atom is 0.416 e. The molecule has 12 heteroatoms. The molecule has 0 saturated carbocycles. The Bertz CT molecular complexity index is 1230. The number of guanidine groups is 1. The van der Waals surface area contributed by atoms with Gasteiger partial charge in [-0.1, -0.05) is 23.7 Å². The fraction of sp³-hybridized carbons (Fsp3) is 0.304. The maximum atomic E-state index is 12.9. The van der Waals surface area contributed by atoms with Gasteiger partial charge in [0.1, 0.15) is 11.7 Å². The van der Waals surface area contributed by atoms with E-state index in [0.29, 0.717) is 41.9 Å². The Hall–Kier alpha value is -3.62. The van der Waals surface area contributed by atoms with E-state index in [4.69, 9.17) is 18.2 Å². The third-order valence-electron chi connectivity index (χ3n) is 5.69. The van der Waals surface area contributed by atoms with Crippen molar-refractivity contribution < 1.29 is 18.3 Å². The number of halogens is 4. The van der Waals surface area contributed by atoms with Crippen molar-refractivity contribution in [2.24, 2.45) is 5.10 Å². The minimum absolute atomic E-state index is 0.203. The average Bonchev–Trinajstić information content (AvgIpc) is 3.46. The van der Waals surface area contributed by atoms with Gasteiger partial charge in [0, 0.05) is 17.3 Å². The Morgan fingerprint density at radius 1 is 1.17 bits per heavy atom. The highest BCUT2D eigenvalue weighted by atomic mass is 35.5. The van der Waals surface area contributed by atoms with Gasteiger partial charge in [0.15, 0.2) is 11.6 Å². The lowest BCUT2D eigenvalue weighted by Gasteiger charge is -2.26. The van der Waals surface area contributed by atoms with Crippen LogP contribution in [0.3, 0.4) is 0 Å². The van der Waals surface area contributed by atoms with Crippen LogP contribution < -0.4 is 5.32 Å². The molecule has 182 valence electrons. The highest BCUT2D eigenvalue weighted by Gasteiger charge is 2.35. The Morgan fingerprint density at radius 3 is 2.51 bits per heavy atom. The van der Waals surface area contributed by atoms with Crippen molar-refractivity contribution >= 4 is 23.2 Å². The largest absolute Gasteiger partial charge is 0.416 e. The molecule has 1 aliphatic rings. The molecule has 4 rings (SSSR count). The van der Waals surface area contributed by atoms with Gasteiger partial charge in [0.25, 0.3) is 5.96 Å². The van der Waals surface area contributed by atoms with E-state index in [0.717, 1.165) is 24.1 Å². The first-order valence-electron chi connectivity index (χ1n) is 10.7. The van der Waals surface area contributed by atoms with Crippen LogP contribution in [0.1, 0.15) is 41.7 Å². The highest BCUT2D eigenvalue weighted by Crippen LogP contribution is 2.33. The van der Waals surface area contributed by atoms with Crippen LogP contribution >= 0.6 is 11.6 Å². The number of aliphatic hydroxyl groups excluding tert-OH is 1. The minimum Gasteiger partial charge on any atom is -0.388 e. The topological polar surface area (TPSA) is 82.9 Å². The Balaban J connectivity index is 1.61. The van der Waals surface area contributed by atoms with Gasteiger partial charge in [-0.25, -0.2) is 0 Å². The van der Waals surface area contributed by atoms with E-state index in [1.165, 1.54) is 12.1 Å². The van der Waals surface area contributed by atoms with Crippen LogP contribution in [-0.4, -0.2) is 37.3 Å². The van der Waals surface area contributed by atoms with E-state index in [-0.39, 0.29) is 18.6 Å². The summed E-state index contributed by atoms with van der Waals surface area (Å²) in [5.41, 5.74) is 0.537. The van der Waals surface area contributed by atoms with E-state index >= 15 is 0 Å². The SMILES string of the molecule is [C-]#[N+]/N=C(\Nc1ccc(C(F)(F)F)cc1)N1CCC[C@@H]1c1nnc(CO)n1Cc1ccc(Cl)cc1. The maximum absolute atomic E-state index is 12.9. The molecule has 0 aliphatic carbocycles. The van der Waals surface area contributed by atoms with Crippen molar-refractivity contribution in [2.45, 2.75) is 38.2 Å².